The van der Waals surface area contributed by atoms with Crippen molar-refractivity contribution in [3.63, 3.8) is 0 Å². The lowest BCUT2D eigenvalue weighted by Crippen LogP contribution is -2.52. The van der Waals surface area contributed by atoms with E-state index in [0.717, 1.165) is 5.01 Å². The van der Waals surface area contributed by atoms with Crippen molar-refractivity contribution in [3.05, 3.63) is 46.0 Å². The molecule has 0 radical (unpaired) electrons. The van der Waals surface area contributed by atoms with E-state index in [4.69, 9.17) is 27.9 Å². The predicted octanol–water partition coefficient (Wildman–Crippen LogP) is 4.40. The molecule has 0 aliphatic heterocycles. The van der Waals surface area contributed by atoms with Crippen molar-refractivity contribution >= 4 is 35.3 Å². The molecule has 1 aromatic carbocycles. The standard InChI is InChI=1S/C23H27Cl2FN8O3/c1-6-34(31-22(36)37-23(2,3)4)21(35)27-8-7-18-17(26)9-13(12-28-18)15-10-14(24)11-16(25)19(15)20-29-32-33(5)30-20/h9-12H,6-8H2,1-5H3,(H,27,35)(H,31,36). The van der Waals surface area contributed by atoms with E-state index in [1.165, 1.54) is 23.1 Å². The second-order valence-electron chi connectivity index (χ2n) is 8.91. The molecule has 0 aliphatic carbocycles. The number of urea groups is 1. The topological polar surface area (TPSA) is 127 Å². The minimum atomic E-state index is -0.759. The van der Waals surface area contributed by atoms with Gasteiger partial charge in [0.15, 0.2) is 0 Å². The maximum Gasteiger partial charge on any atom is 0.426 e. The minimum Gasteiger partial charge on any atom is -0.443 e. The second kappa shape index (κ2) is 11.7. The van der Waals surface area contributed by atoms with Gasteiger partial charge in [-0.1, -0.05) is 23.2 Å². The Morgan fingerprint density at radius 1 is 1.22 bits per heavy atom. The highest BCUT2D eigenvalue weighted by atomic mass is 35.5. The van der Waals surface area contributed by atoms with Crippen LogP contribution >= 0.6 is 23.2 Å². The maximum atomic E-state index is 15.0. The summed E-state index contributed by atoms with van der Waals surface area (Å²) in [5.74, 6) is -0.327. The predicted molar refractivity (Wildman–Crippen MR) is 136 cm³/mol. The molecule has 0 saturated heterocycles. The number of hydrogen-bond acceptors (Lipinski definition) is 7. The number of tetrazole rings is 1. The Balaban J connectivity index is 1.70. The molecule has 0 aliphatic rings. The fourth-order valence-corrected chi connectivity index (χ4v) is 3.86. The van der Waals surface area contributed by atoms with Crippen LogP contribution in [0, 0.1) is 5.82 Å². The average molecular weight is 553 g/mol. The van der Waals surface area contributed by atoms with Gasteiger partial charge in [-0.05, 0) is 56.7 Å². The number of rotatable bonds is 6. The summed E-state index contributed by atoms with van der Waals surface area (Å²) in [6.07, 6.45) is 0.825. The molecule has 198 valence electrons. The largest absolute Gasteiger partial charge is 0.443 e. The normalized spacial score (nSPS) is 11.2. The number of nitrogens with one attached hydrogen (secondary N) is 2. The molecule has 2 heterocycles. The molecule has 2 aromatic heterocycles. The zero-order valence-corrected chi connectivity index (χ0v) is 22.5. The monoisotopic (exact) mass is 552 g/mol. The second-order valence-corrected chi connectivity index (χ2v) is 9.75. The third-order valence-electron chi connectivity index (χ3n) is 4.84. The number of benzene rings is 1. The number of pyridine rings is 1. The number of halogens is 3. The van der Waals surface area contributed by atoms with Crippen LogP contribution in [0.5, 0.6) is 0 Å². The van der Waals surface area contributed by atoms with E-state index >= 15 is 0 Å². The molecule has 0 atom stereocenters. The van der Waals surface area contributed by atoms with Gasteiger partial charge in [0, 0.05) is 41.9 Å². The van der Waals surface area contributed by atoms with Crippen molar-refractivity contribution in [2.75, 3.05) is 13.1 Å². The van der Waals surface area contributed by atoms with Crippen LogP contribution in [0.2, 0.25) is 10.0 Å². The Hall–Kier alpha value is -3.51. The van der Waals surface area contributed by atoms with Gasteiger partial charge in [-0.2, -0.15) is 4.80 Å². The van der Waals surface area contributed by atoms with Gasteiger partial charge in [0.05, 0.1) is 17.8 Å². The highest BCUT2D eigenvalue weighted by molar-refractivity contribution is 6.37. The van der Waals surface area contributed by atoms with Gasteiger partial charge in [0.2, 0.25) is 5.82 Å². The summed E-state index contributed by atoms with van der Waals surface area (Å²) in [4.78, 5) is 29.9. The van der Waals surface area contributed by atoms with Crippen molar-refractivity contribution in [2.45, 2.75) is 39.7 Å². The molecule has 37 heavy (non-hydrogen) atoms. The van der Waals surface area contributed by atoms with Crippen LogP contribution in [0.25, 0.3) is 22.5 Å². The van der Waals surface area contributed by atoms with Crippen molar-refractivity contribution in [2.24, 2.45) is 7.05 Å². The van der Waals surface area contributed by atoms with Crippen molar-refractivity contribution in [1.82, 2.24) is 40.9 Å². The SMILES string of the molecule is CCN(NC(=O)OC(C)(C)C)C(=O)NCCc1ncc(-c2cc(Cl)cc(Cl)c2-c2nnn(C)n2)cc1F. The molecule has 0 spiro atoms. The van der Waals surface area contributed by atoms with Crippen LogP contribution in [-0.4, -0.2) is 61.0 Å². The van der Waals surface area contributed by atoms with E-state index in [1.54, 1.807) is 40.8 Å². The molecule has 14 heteroatoms. The van der Waals surface area contributed by atoms with Gasteiger partial charge >= 0.3 is 12.1 Å². The molecule has 3 aromatic rings. The Bertz CT molecular complexity index is 1300. The lowest BCUT2D eigenvalue weighted by Gasteiger charge is -2.25. The van der Waals surface area contributed by atoms with Crippen LogP contribution in [-0.2, 0) is 18.2 Å². The van der Waals surface area contributed by atoms with Crippen LogP contribution in [0.15, 0.2) is 24.4 Å². The summed E-state index contributed by atoms with van der Waals surface area (Å²) in [7, 11) is 1.61. The number of hydrogen-bond donors (Lipinski definition) is 2. The lowest BCUT2D eigenvalue weighted by atomic mass is 10.00. The first kappa shape index (κ1) is 28.1. The minimum absolute atomic E-state index is 0.0758. The quantitative estimate of drug-likeness (QED) is 0.434. The molecule has 0 saturated carbocycles. The summed E-state index contributed by atoms with van der Waals surface area (Å²) in [5, 5.41) is 16.3. The third-order valence-corrected chi connectivity index (χ3v) is 5.36. The van der Waals surface area contributed by atoms with Gasteiger partial charge in [0.25, 0.3) is 0 Å². The number of amides is 3. The number of ether oxygens (including phenoxy) is 1. The number of aromatic nitrogens is 5. The third kappa shape index (κ3) is 7.49. The van der Waals surface area contributed by atoms with Gasteiger partial charge < -0.3 is 10.1 Å². The molecule has 2 N–H and O–H groups in total. The van der Waals surface area contributed by atoms with Crippen LogP contribution < -0.4 is 10.7 Å². The first-order valence-corrected chi connectivity index (χ1v) is 12.1. The van der Waals surface area contributed by atoms with E-state index in [0.29, 0.717) is 21.7 Å². The summed E-state index contributed by atoms with van der Waals surface area (Å²) in [6.45, 7) is 7.09. The first-order valence-electron chi connectivity index (χ1n) is 11.3. The van der Waals surface area contributed by atoms with Gasteiger partial charge in [-0.3, -0.25) is 4.98 Å². The van der Waals surface area contributed by atoms with Crippen LogP contribution in [0.1, 0.15) is 33.4 Å². The van der Waals surface area contributed by atoms with Crippen LogP contribution in [0.3, 0.4) is 0 Å². The van der Waals surface area contributed by atoms with E-state index in [-0.39, 0.29) is 36.1 Å². The smallest absolute Gasteiger partial charge is 0.426 e. The fourth-order valence-electron chi connectivity index (χ4n) is 3.28. The van der Waals surface area contributed by atoms with Gasteiger partial charge in [-0.15, -0.1) is 10.2 Å². The fraction of sp³-hybridized carbons (Fsp3) is 0.391. The Labute approximate surface area is 223 Å². The lowest BCUT2D eigenvalue weighted by molar-refractivity contribution is 0.0383. The summed E-state index contributed by atoms with van der Waals surface area (Å²) in [6, 6.07) is 3.89. The molecule has 3 amide bonds. The molecule has 0 unspecified atom stereocenters. The van der Waals surface area contributed by atoms with Crippen LogP contribution in [0.4, 0.5) is 14.0 Å². The highest BCUT2D eigenvalue weighted by Gasteiger charge is 2.21. The van der Waals surface area contributed by atoms with Gasteiger partial charge in [0.1, 0.15) is 11.4 Å². The average Bonchev–Trinajstić information content (AvgIpc) is 3.22. The Kier molecular flexibility index (Phi) is 8.87. The number of carbonyl (C=O) groups excluding carboxylic acids is 2. The maximum absolute atomic E-state index is 15.0. The Morgan fingerprint density at radius 3 is 2.54 bits per heavy atom. The number of aryl methyl sites for hydroxylation is 1. The number of nitrogens with zero attached hydrogens (tertiary/aromatic N) is 6. The summed E-state index contributed by atoms with van der Waals surface area (Å²) >= 11 is 12.6. The molecule has 0 fully saturated rings. The van der Waals surface area contributed by atoms with E-state index in [2.05, 4.69) is 31.1 Å². The van der Waals surface area contributed by atoms with E-state index < -0.39 is 23.5 Å². The summed E-state index contributed by atoms with van der Waals surface area (Å²) in [5.41, 5.74) is 3.14. The molecule has 3 rings (SSSR count). The Morgan fingerprint density at radius 2 is 1.95 bits per heavy atom. The molecule has 11 nitrogen and oxygen atoms in total. The molecule has 0 bridgehead atoms. The zero-order valence-electron chi connectivity index (χ0n) is 21.0. The first-order chi connectivity index (χ1) is 17.4. The van der Waals surface area contributed by atoms with E-state index in [9.17, 15) is 14.0 Å². The zero-order chi connectivity index (χ0) is 27.3. The summed E-state index contributed by atoms with van der Waals surface area (Å²) < 4.78 is 20.1. The number of carbonyl (C=O) groups is 2. The van der Waals surface area contributed by atoms with E-state index in [1.807, 2.05) is 0 Å². The van der Waals surface area contributed by atoms with Gasteiger partial charge in [-0.25, -0.2) is 24.4 Å². The van der Waals surface area contributed by atoms with Crippen molar-refractivity contribution in [1.29, 1.82) is 0 Å². The molecular formula is C23H27Cl2FN8O3. The highest BCUT2D eigenvalue weighted by Crippen LogP contribution is 2.38. The van der Waals surface area contributed by atoms with Crippen molar-refractivity contribution < 1.29 is 18.7 Å². The number of hydrazine groups is 1. The van der Waals surface area contributed by atoms with Crippen molar-refractivity contribution in [3.8, 4) is 22.5 Å². The molecular weight excluding hydrogens is 526 g/mol.